The third kappa shape index (κ3) is 6.57. The van der Waals surface area contributed by atoms with Gasteiger partial charge in [-0.15, -0.1) is 0 Å². The van der Waals surface area contributed by atoms with Crippen molar-refractivity contribution in [1.29, 1.82) is 0 Å². The molecule has 3 rings (SSSR count). The monoisotopic (exact) mass is 452 g/mol. The van der Waals surface area contributed by atoms with E-state index >= 15 is 0 Å². The molecule has 0 unspecified atom stereocenters. The van der Waals surface area contributed by atoms with Crippen molar-refractivity contribution in [3.63, 3.8) is 0 Å². The zero-order valence-corrected chi connectivity index (χ0v) is 18.2. The molecule has 1 heterocycles. The zero-order chi connectivity index (χ0) is 23.6. The van der Waals surface area contributed by atoms with Gasteiger partial charge in [0.2, 0.25) is 0 Å². The van der Waals surface area contributed by atoms with E-state index < -0.39 is 24.4 Å². The van der Waals surface area contributed by atoms with Crippen molar-refractivity contribution in [3.8, 4) is 17.2 Å². The number of hydrogen-bond acceptors (Lipinski definition) is 7. The first-order valence-corrected chi connectivity index (χ1v) is 10.1. The summed E-state index contributed by atoms with van der Waals surface area (Å²) in [5.74, 6) is -0.930. The summed E-state index contributed by atoms with van der Waals surface area (Å²) < 4.78 is 16.9. The minimum Gasteiger partial charge on any atom is -0.493 e. The van der Waals surface area contributed by atoms with Crippen molar-refractivity contribution >= 4 is 17.8 Å². The Morgan fingerprint density at radius 2 is 1.73 bits per heavy atom. The molecule has 0 bridgehead atoms. The highest BCUT2D eigenvalue weighted by molar-refractivity contribution is 5.96. The maximum atomic E-state index is 12.2. The number of aromatic nitrogens is 2. The lowest BCUT2D eigenvalue weighted by Crippen LogP contribution is -2.43. The Balaban J connectivity index is 1.39. The van der Waals surface area contributed by atoms with E-state index in [-0.39, 0.29) is 12.0 Å². The summed E-state index contributed by atoms with van der Waals surface area (Å²) in [6, 6.07) is 14.2. The van der Waals surface area contributed by atoms with Crippen molar-refractivity contribution in [2.45, 2.75) is 12.8 Å². The van der Waals surface area contributed by atoms with Crippen molar-refractivity contribution in [2.75, 3.05) is 20.8 Å². The lowest BCUT2D eigenvalue weighted by molar-refractivity contribution is -0.148. The number of rotatable bonds is 9. The Hall–Kier alpha value is -4.34. The van der Waals surface area contributed by atoms with E-state index in [1.165, 1.54) is 26.4 Å². The summed E-state index contributed by atoms with van der Waals surface area (Å²) in [6.07, 6.45) is 4.02. The molecule has 2 amide bonds. The SMILES string of the molecule is COc1ccc(C(=O)NNC(=O)COC(=O)CCc2cnn(-c3ccccc3)c2)cc1OC. The Kier molecular flexibility index (Phi) is 8.01. The smallest absolute Gasteiger partial charge is 0.306 e. The van der Waals surface area contributed by atoms with Crippen molar-refractivity contribution in [3.05, 3.63) is 72.1 Å². The number of nitrogens with zero attached hydrogens (tertiary/aromatic N) is 2. The van der Waals surface area contributed by atoms with Gasteiger partial charge in [0.25, 0.3) is 11.8 Å². The van der Waals surface area contributed by atoms with Crippen LogP contribution in [-0.2, 0) is 20.7 Å². The first-order chi connectivity index (χ1) is 16.0. The fourth-order valence-electron chi connectivity index (χ4n) is 2.89. The van der Waals surface area contributed by atoms with Gasteiger partial charge in [-0.2, -0.15) is 5.10 Å². The molecule has 172 valence electrons. The van der Waals surface area contributed by atoms with Crippen LogP contribution in [0.25, 0.3) is 5.69 Å². The average Bonchev–Trinajstić information content (AvgIpc) is 3.34. The predicted molar refractivity (Wildman–Crippen MR) is 118 cm³/mol. The van der Waals surface area contributed by atoms with Crippen LogP contribution in [-0.4, -0.2) is 48.4 Å². The summed E-state index contributed by atoms with van der Waals surface area (Å²) in [4.78, 5) is 36.0. The van der Waals surface area contributed by atoms with E-state index in [2.05, 4.69) is 16.0 Å². The van der Waals surface area contributed by atoms with Gasteiger partial charge < -0.3 is 14.2 Å². The number of carbonyl (C=O) groups is 3. The van der Waals surface area contributed by atoms with Gasteiger partial charge in [0.15, 0.2) is 18.1 Å². The Morgan fingerprint density at radius 3 is 2.45 bits per heavy atom. The molecule has 10 nitrogen and oxygen atoms in total. The highest BCUT2D eigenvalue weighted by Gasteiger charge is 2.13. The molecule has 2 N–H and O–H groups in total. The molecular formula is C23H24N4O6. The number of aryl methyl sites for hydroxylation is 1. The van der Waals surface area contributed by atoms with Gasteiger partial charge in [-0.1, -0.05) is 18.2 Å². The van der Waals surface area contributed by atoms with E-state index in [9.17, 15) is 14.4 Å². The number of nitrogens with one attached hydrogen (secondary N) is 2. The number of methoxy groups -OCH3 is 2. The molecule has 3 aromatic rings. The molecule has 33 heavy (non-hydrogen) atoms. The second kappa shape index (κ2) is 11.3. The third-order valence-electron chi connectivity index (χ3n) is 4.60. The highest BCUT2D eigenvalue weighted by atomic mass is 16.5. The van der Waals surface area contributed by atoms with Crippen LogP contribution in [0.5, 0.6) is 11.5 Å². The number of para-hydroxylation sites is 1. The Morgan fingerprint density at radius 1 is 0.970 bits per heavy atom. The van der Waals surface area contributed by atoms with Gasteiger partial charge in [0, 0.05) is 18.2 Å². The van der Waals surface area contributed by atoms with Crippen molar-refractivity contribution in [2.24, 2.45) is 0 Å². The lowest BCUT2D eigenvalue weighted by atomic mass is 10.2. The third-order valence-corrected chi connectivity index (χ3v) is 4.60. The normalized spacial score (nSPS) is 10.2. The largest absolute Gasteiger partial charge is 0.493 e. The van der Waals surface area contributed by atoms with E-state index in [1.807, 2.05) is 36.5 Å². The van der Waals surface area contributed by atoms with E-state index in [4.69, 9.17) is 14.2 Å². The van der Waals surface area contributed by atoms with Crippen LogP contribution in [0.1, 0.15) is 22.3 Å². The first-order valence-electron chi connectivity index (χ1n) is 10.1. The van der Waals surface area contributed by atoms with E-state index in [0.717, 1.165) is 11.3 Å². The summed E-state index contributed by atoms with van der Waals surface area (Å²) in [6.45, 7) is -0.520. The number of ether oxygens (including phenoxy) is 3. The fraction of sp³-hybridized carbons (Fsp3) is 0.217. The molecule has 0 saturated heterocycles. The highest BCUT2D eigenvalue weighted by Crippen LogP contribution is 2.27. The van der Waals surface area contributed by atoms with Crippen molar-refractivity contribution in [1.82, 2.24) is 20.6 Å². The van der Waals surface area contributed by atoms with E-state index in [0.29, 0.717) is 17.9 Å². The molecule has 0 radical (unpaired) electrons. The number of hydrazine groups is 1. The molecule has 0 aliphatic rings. The molecule has 0 fully saturated rings. The van der Waals surface area contributed by atoms with Gasteiger partial charge in [-0.3, -0.25) is 25.2 Å². The second-order valence-corrected chi connectivity index (χ2v) is 6.86. The van der Waals surface area contributed by atoms with Crippen LogP contribution >= 0.6 is 0 Å². The number of carbonyl (C=O) groups excluding carboxylic acids is 3. The predicted octanol–water partition coefficient (Wildman–Crippen LogP) is 1.83. The molecule has 10 heteroatoms. The summed E-state index contributed by atoms with van der Waals surface area (Å²) in [5, 5.41) is 4.27. The standard InChI is InChI=1S/C23H24N4O6/c1-31-19-10-9-17(12-20(19)32-2)23(30)26-25-21(28)15-33-22(29)11-8-16-13-24-27(14-16)18-6-4-3-5-7-18/h3-7,9-10,12-14H,8,11,15H2,1-2H3,(H,25,28)(H,26,30). The molecule has 0 saturated carbocycles. The van der Waals surface area contributed by atoms with Gasteiger partial charge in [0.05, 0.1) is 26.1 Å². The average molecular weight is 452 g/mol. The lowest BCUT2D eigenvalue weighted by Gasteiger charge is -2.11. The topological polar surface area (TPSA) is 121 Å². The van der Waals surface area contributed by atoms with Gasteiger partial charge in [-0.25, -0.2) is 4.68 Å². The summed E-state index contributed by atoms with van der Waals surface area (Å²) >= 11 is 0. The fourth-order valence-corrected chi connectivity index (χ4v) is 2.89. The Bertz CT molecular complexity index is 1110. The molecule has 2 aromatic carbocycles. The minimum atomic E-state index is -0.672. The number of amides is 2. The van der Waals surface area contributed by atoms with Crippen LogP contribution in [0.3, 0.4) is 0 Å². The first kappa shape index (κ1) is 23.3. The molecule has 0 aliphatic carbocycles. The van der Waals surface area contributed by atoms with E-state index in [1.54, 1.807) is 16.9 Å². The molecule has 1 aromatic heterocycles. The Labute approximate surface area is 190 Å². The van der Waals surface area contributed by atoms with Crippen LogP contribution in [0.4, 0.5) is 0 Å². The number of hydrogen-bond donors (Lipinski definition) is 2. The zero-order valence-electron chi connectivity index (χ0n) is 18.2. The number of esters is 1. The molecular weight excluding hydrogens is 428 g/mol. The van der Waals surface area contributed by atoms with Gasteiger partial charge >= 0.3 is 5.97 Å². The van der Waals surface area contributed by atoms with Crippen LogP contribution in [0, 0.1) is 0 Å². The van der Waals surface area contributed by atoms with Gasteiger partial charge in [-0.05, 0) is 42.3 Å². The molecule has 0 atom stereocenters. The molecule has 0 aliphatic heterocycles. The maximum absolute atomic E-state index is 12.2. The number of benzene rings is 2. The minimum absolute atomic E-state index is 0.0891. The van der Waals surface area contributed by atoms with Crippen LogP contribution in [0.2, 0.25) is 0 Å². The summed E-state index contributed by atoms with van der Waals surface area (Å²) in [5.41, 5.74) is 6.48. The van der Waals surface area contributed by atoms with Gasteiger partial charge in [0.1, 0.15) is 0 Å². The summed E-state index contributed by atoms with van der Waals surface area (Å²) in [7, 11) is 2.93. The quantitative estimate of drug-likeness (QED) is 0.375. The molecule has 0 spiro atoms. The van der Waals surface area contributed by atoms with Crippen LogP contribution < -0.4 is 20.3 Å². The van der Waals surface area contributed by atoms with Crippen molar-refractivity contribution < 1.29 is 28.6 Å². The maximum Gasteiger partial charge on any atom is 0.306 e. The second-order valence-electron chi connectivity index (χ2n) is 6.86. The van der Waals surface area contributed by atoms with Crippen LogP contribution in [0.15, 0.2) is 60.9 Å².